The van der Waals surface area contributed by atoms with E-state index >= 15 is 0 Å². The molecule has 2 N–H and O–H groups in total. The van der Waals surface area contributed by atoms with Gasteiger partial charge in [0, 0.05) is 17.0 Å². The topological polar surface area (TPSA) is 64.9 Å². The maximum atomic E-state index is 13.7. The first kappa shape index (κ1) is 13.1. The number of aromatic nitrogens is 2. The Labute approximate surface area is 123 Å². The van der Waals surface area contributed by atoms with Crippen molar-refractivity contribution < 1.29 is 8.91 Å². The SMILES string of the molecule is Nc1sccc1-c1nc(Cc2c(F)cccc2Cl)no1. The molecule has 2 aromatic heterocycles. The van der Waals surface area contributed by atoms with Gasteiger partial charge in [-0.25, -0.2) is 4.39 Å². The number of rotatable bonds is 3. The number of hydrogen-bond acceptors (Lipinski definition) is 5. The van der Waals surface area contributed by atoms with Crippen LogP contribution in [-0.2, 0) is 6.42 Å². The molecule has 2 heterocycles. The van der Waals surface area contributed by atoms with Gasteiger partial charge in [-0.15, -0.1) is 11.3 Å². The molecule has 102 valence electrons. The Morgan fingerprint density at radius 1 is 1.35 bits per heavy atom. The fourth-order valence-corrected chi connectivity index (χ4v) is 2.66. The van der Waals surface area contributed by atoms with Crippen LogP contribution in [0.5, 0.6) is 0 Å². The summed E-state index contributed by atoms with van der Waals surface area (Å²) in [4.78, 5) is 4.21. The highest BCUT2D eigenvalue weighted by molar-refractivity contribution is 7.14. The average molecular weight is 310 g/mol. The van der Waals surface area contributed by atoms with Crippen molar-refractivity contribution in [2.45, 2.75) is 6.42 Å². The van der Waals surface area contributed by atoms with Gasteiger partial charge in [0.2, 0.25) is 0 Å². The molecule has 0 radical (unpaired) electrons. The summed E-state index contributed by atoms with van der Waals surface area (Å²) < 4.78 is 18.8. The zero-order chi connectivity index (χ0) is 14.1. The summed E-state index contributed by atoms with van der Waals surface area (Å²) >= 11 is 7.35. The minimum atomic E-state index is -0.390. The van der Waals surface area contributed by atoms with E-state index in [0.717, 1.165) is 0 Å². The summed E-state index contributed by atoms with van der Waals surface area (Å²) in [7, 11) is 0. The molecule has 0 aliphatic carbocycles. The zero-order valence-corrected chi connectivity index (χ0v) is 11.7. The van der Waals surface area contributed by atoms with Gasteiger partial charge in [-0.1, -0.05) is 22.8 Å². The van der Waals surface area contributed by atoms with Gasteiger partial charge in [0.15, 0.2) is 5.82 Å². The molecule has 4 nitrogen and oxygen atoms in total. The van der Waals surface area contributed by atoms with Crippen molar-refractivity contribution >= 4 is 27.9 Å². The Balaban J connectivity index is 1.90. The van der Waals surface area contributed by atoms with Crippen molar-refractivity contribution in [2.75, 3.05) is 5.73 Å². The maximum absolute atomic E-state index is 13.7. The molecular formula is C13H9ClFN3OS. The van der Waals surface area contributed by atoms with Crippen LogP contribution >= 0.6 is 22.9 Å². The van der Waals surface area contributed by atoms with Crippen molar-refractivity contribution in [3.8, 4) is 11.5 Å². The lowest BCUT2D eigenvalue weighted by Crippen LogP contribution is -1.96. The van der Waals surface area contributed by atoms with E-state index in [1.54, 1.807) is 18.2 Å². The summed E-state index contributed by atoms with van der Waals surface area (Å²) in [6.45, 7) is 0. The second kappa shape index (κ2) is 5.22. The molecule has 0 aliphatic heterocycles. The lowest BCUT2D eigenvalue weighted by Gasteiger charge is -2.01. The Morgan fingerprint density at radius 2 is 2.20 bits per heavy atom. The molecule has 7 heteroatoms. The van der Waals surface area contributed by atoms with Gasteiger partial charge in [-0.05, 0) is 23.6 Å². The second-order valence-corrected chi connectivity index (χ2v) is 5.45. The van der Waals surface area contributed by atoms with Gasteiger partial charge in [0.05, 0.1) is 10.6 Å². The Bertz CT molecular complexity index is 735. The minimum Gasteiger partial charge on any atom is -0.390 e. The lowest BCUT2D eigenvalue weighted by atomic mass is 10.1. The van der Waals surface area contributed by atoms with Crippen LogP contribution < -0.4 is 5.73 Å². The van der Waals surface area contributed by atoms with Crippen molar-refractivity contribution in [1.82, 2.24) is 10.1 Å². The summed E-state index contributed by atoms with van der Waals surface area (Å²) in [6, 6.07) is 6.32. The number of nitrogens with zero attached hydrogens (tertiary/aromatic N) is 2. The van der Waals surface area contributed by atoms with E-state index < -0.39 is 0 Å². The predicted octanol–water partition coefficient (Wildman–Crippen LogP) is 3.76. The van der Waals surface area contributed by atoms with Crippen LogP contribution in [-0.4, -0.2) is 10.1 Å². The molecule has 3 aromatic rings. The van der Waals surface area contributed by atoms with Crippen molar-refractivity contribution in [3.63, 3.8) is 0 Å². The third-order valence-electron chi connectivity index (χ3n) is 2.79. The predicted molar refractivity (Wildman–Crippen MR) is 76.2 cm³/mol. The number of nitrogens with two attached hydrogens (primary N) is 1. The van der Waals surface area contributed by atoms with E-state index in [1.807, 2.05) is 5.38 Å². The molecule has 3 rings (SSSR count). The lowest BCUT2D eigenvalue weighted by molar-refractivity contribution is 0.424. The molecule has 0 fully saturated rings. The highest BCUT2D eigenvalue weighted by Crippen LogP contribution is 2.29. The average Bonchev–Trinajstić information content (AvgIpc) is 3.02. The molecule has 0 saturated carbocycles. The molecular weight excluding hydrogens is 301 g/mol. The normalized spacial score (nSPS) is 10.9. The standard InChI is InChI=1S/C13H9ClFN3OS/c14-9-2-1-3-10(15)8(9)6-11-17-13(19-18-11)7-4-5-20-12(7)16/h1-5H,6,16H2. The highest BCUT2D eigenvalue weighted by Gasteiger charge is 2.15. The molecule has 0 amide bonds. The molecule has 1 aromatic carbocycles. The van der Waals surface area contributed by atoms with Gasteiger partial charge in [0.1, 0.15) is 5.82 Å². The van der Waals surface area contributed by atoms with Crippen molar-refractivity contribution in [1.29, 1.82) is 0 Å². The summed E-state index contributed by atoms with van der Waals surface area (Å²) in [6.07, 6.45) is 0.166. The van der Waals surface area contributed by atoms with Gasteiger partial charge in [-0.2, -0.15) is 4.98 Å². The van der Waals surface area contributed by atoms with Crippen LogP contribution in [0.1, 0.15) is 11.4 Å². The molecule has 0 spiro atoms. The number of thiophene rings is 1. The number of nitrogen functional groups attached to an aromatic ring is 1. The second-order valence-electron chi connectivity index (χ2n) is 4.09. The third-order valence-corrected chi connectivity index (χ3v) is 3.89. The fourth-order valence-electron chi connectivity index (χ4n) is 1.79. The molecule has 20 heavy (non-hydrogen) atoms. The third kappa shape index (κ3) is 2.39. The minimum absolute atomic E-state index is 0.166. The molecule has 0 saturated heterocycles. The first-order chi connectivity index (χ1) is 9.65. The van der Waals surface area contributed by atoms with E-state index in [2.05, 4.69) is 10.1 Å². The van der Waals surface area contributed by atoms with Crippen molar-refractivity contribution in [2.24, 2.45) is 0 Å². The van der Waals surface area contributed by atoms with E-state index in [9.17, 15) is 4.39 Å². The summed E-state index contributed by atoms with van der Waals surface area (Å²) in [5.41, 5.74) is 6.83. The van der Waals surface area contributed by atoms with Crippen molar-refractivity contribution in [3.05, 3.63) is 51.9 Å². The Morgan fingerprint density at radius 3 is 2.90 bits per heavy atom. The van der Waals surface area contributed by atoms with E-state index in [1.165, 1.54) is 17.4 Å². The van der Waals surface area contributed by atoms with Crippen LogP contribution in [0.2, 0.25) is 5.02 Å². The van der Waals surface area contributed by atoms with Gasteiger partial charge in [-0.3, -0.25) is 0 Å². The van der Waals surface area contributed by atoms with Gasteiger partial charge in [0.25, 0.3) is 5.89 Å². The Hall–Kier alpha value is -1.92. The van der Waals surface area contributed by atoms with Crippen LogP contribution in [0.15, 0.2) is 34.2 Å². The van der Waals surface area contributed by atoms with Crippen LogP contribution in [0.25, 0.3) is 11.5 Å². The summed E-state index contributed by atoms with van der Waals surface area (Å²) in [5, 5.41) is 6.60. The van der Waals surface area contributed by atoms with Gasteiger partial charge >= 0.3 is 0 Å². The first-order valence-corrected chi connectivity index (χ1v) is 6.99. The van der Waals surface area contributed by atoms with E-state index in [0.29, 0.717) is 32.9 Å². The van der Waals surface area contributed by atoms with Crippen LogP contribution in [0.3, 0.4) is 0 Å². The van der Waals surface area contributed by atoms with Crippen LogP contribution in [0, 0.1) is 5.82 Å². The molecule has 0 unspecified atom stereocenters. The van der Waals surface area contributed by atoms with Gasteiger partial charge < -0.3 is 10.3 Å². The zero-order valence-electron chi connectivity index (χ0n) is 10.1. The largest absolute Gasteiger partial charge is 0.390 e. The molecule has 0 atom stereocenters. The van der Waals surface area contributed by atoms with E-state index in [-0.39, 0.29) is 12.2 Å². The molecule has 0 bridgehead atoms. The van der Waals surface area contributed by atoms with Crippen LogP contribution in [0.4, 0.5) is 9.39 Å². The number of hydrogen-bond donors (Lipinski definition) is 1. The number of anilines is 1. The Kier molecular flexibility index (Phi) is 3.42. The highest BCUT2D eigenvalue weighted by atomic mass is 35.5. The first-order valence-electron chi connectivity index (χ1n) is 5.74. The monoisotopic (exact) mass is 309 g/mol. The quantitative estimate of drug-likeness (QED) is 0.800. The fraction of sp³-hybridized carbons (Fsp3) is 0.0769. The van der Waals surface area contributed by atoms with E-state index in [4.69, 9.17) is 21.9 Å². The molecule has 0 aliphatic rings. The number of halogens is 2. The maximum Gasteiger partial charge on any atom is 0.260 e. The number of benzene rings is 1. The summed E-state index contributed by atoms with van der Waals surface area (Å²) in [5.74, 6) is 0.294. The smallest absolute Gasteiger partial charge is 0.260 e.